The molecule has 0 bridgehead atoms. The molecule has 4 heteroatoms. The third-order valence-corrected chi connectivity index (χ3v) is 2.10. The highest BCUT2D eigenvalue weighted by Crippen LogP contribution is 2.09. The monoisotopic (exact) mass is 190 g/mol. The first-order valence-corrected chi connectivity index (χ1v) is 4.29. The first-order chi connectivity index (χ1) is 6.81. The lowest BCUT2D eigenvalue weighted by Crippen LogP contribution is -2.18. The number of hydroxylamine groups is 1. The van der Waals surface area contributed by atoms with Gasteiger partial charge in [0.05, 0.1) is 6.54 Å². The van der Waals surface area contributed by atoms with E-state index >= 15 is 0 Å². The number of fused-ring (bicyclic) bond motifs is 1. The van der Waals surface area contributed by atoms with E-state index in [-0.39, 0.29) is 12.1 Å². The third-order valence-electron chi connectivity index (χ3n) is 2.10. The zero-order valence-electron chi connectivity index (χ0n) is 7.45. The first-order valence-electron chi connectivity index (χ1n) is 4.29. The van der Waals surface area contributed by atoms with Crippen LogP contribution < -0.4 is 11.0 Å². The molecule has 0 saturated heterocycles. The molecule has 0 spiro atoms. The molecule has 1 aromatic carbocycles. The molecule has 1 aromatic heterocycles. The first kappa shape index (κ1) is 8.93. The molecule has 0 unspecified atom stereocenters. The Bertz CT molecular complexity index is 505. The maximum absolute atomic E-state index is 11.4. The summed E-state index contributed by atoms with van der Waals surface area (Å²) in [7, 11) is 0. The molecule has 14 heavy (non-hydrogen) atoms. The second-order valence-corrected chi connectivity index (χ2v) is 3.05. The zero-order valence-corrected chi connectivity index (χ0v) is 7.45. The summed E-state index contributed by atoms with van der Waals surface area (Å²) in [6.07, 6.45) is 0. The van der Waals surface area contributed by atoms with Gasteiger partial charge in [0.2, 0.25) is 0 Å². The molecule has 2 rings (SSSR count). The molecule has 2 aromatic rings. The van der Waals surface area contributed by atoms with Crippen LogP contribution in [0.2, 0.25) is 0 Å². The summed E-state index contributed by atoms with van der Waals surface area (Å²) in [6.45, 7) is 0.153. The average molecular weight is 190 g/mol. The minimum Gasteiger partial charge on any atom is -0.322 e. The number of para-hydroxylation sites is 1. The van der Waals surface area contributed by atoms with Crippen LogP contribution in [0.5, 0.6) is 0 Å². The highest BCUT2D eigenvalue weighted by atomic mass is 16.5. The van der Waals surface area contributed by atoms with Gasteiger partial charge in [-0.3, -0.25) is 4.79 Å². The van der Waals surface area contributed by atoms with Gasteiger partial charge in [-0.25, -0.2) is 5.48 Å². The lowest BCUT2D eigenvalue weighted by Gasteiger charge is -2.01. The van der Waals surface area contributed by atoms with Crippen molar-refractivity contribution in [3.8, 4) is 0 Å². The minimum absolute atomic E-state index is 0.153. The van der Waals surface area contributed by atoms with Crippen LogP contribution in [-0.4, -0.2) is 10.2 Å². The summed E-state index contributed by atoms with van der Waals surface area (Å²) in [5, 5.41) is 9.47. The summed E-state index contributed by atoms with van der Waals surface area (Å²) >= 11 is 0. The SMILES string of the molecule is O=c1[nH]c2ccccc2cc1CNO. The van der Waals surface area contributed by atoms with E-state index in [9.17, 15) is 4.79 Å². The Morgan fingerprint density at radius 1 is 1.36 bits per heavy atom. The molecule has 0 fully saturated rings. The summed E-state index contributed by atoms with van der Waals surface area (Å²) in [5.41, 5.74) is 3.12. The van der Waals surface area contributed by atoms with E-state index < -0.39 is 0 Å². The van der Waals surface area contributed by atoms with Crippen LogP contribution in [0.15, 0.2) is 35.1 Å². The van der Waals surface area contributed by atoms with Crippen molar-refractivity contribution in [1.82, 2.24) is 10.5 Å². The molecular formula is C10H10N2O2. The van der Waals surface area contributed by atoms with Crippen molar-refractivity contribution in [2.24, 2.45) is 0 Å². The number of H-pyrrole nitrogens is 1. The number of aromatic nitrogens is 1. The molecule has 0 saturated carbocycles. The van der Waals surface area contributed by atoms with Crippen molar-refractivity contribution < 1.29 is 5.21 Å². The Kier molecular flexibility index (Phi) is 2.30. The van der Waals surface area contributed by atoms with Crippen LogP contribution in [0.25, 0.3) is 10.9 Å². The maximum Gasteiger partial charge on any atom is 0.253 e. The molecule has 0 aliphatic heterocycles. The molecule has 0 amide bonds. The maximum atomic E-state index is 11.4. The molecule has 72 valence electrons. The van der Waals surface area contributed by atoms with Crippen molar-refractivity contribution in [2.75, 3.05) is 0 Å². The predicted octanol–water partition coefficient (Wildman–Crippen LogP) is 1.01. The van der Waals surface area contributed by atoms with Crippen LogP contribution in [0.3, 0.4) is 0 Å². The number of rotatable bonds is 2. The summed E-state index contributed by atoms with van der Waals surface area (Å²) in [6, 6.07) is 9.27. The predicted molar refractivity (Wildman–Crippen MR) is 53.2 cm³/mol. The fourth-order valence-electron chi connectivity index (χ4n) is 1.41. The molecule has 0 radical (unpaired) electrons. The van der Waals surface area contributed by atoms with Crippen LogP contribution in [0, 0.1) is 0 Å². The summed E-state index contributed by atoms with van der Waals surface area (Å²) in [4.78, 5) is 14.2. The minimum atomic E-state index is -0.176. The Balaban J connectivity index is 2.65. The van der Waals surface area contributed by atoms with Crippen molar-refractivity contribution in [3.05, 3.63) is 46.2 Å². The number of pyridine rings is 1. The van der Waals surface area contributed by atoms with E-state index in [0.29, 0.717) is 5.56 Å². The highest BCUT2D eigenvalue weighted by Gasteiger charge is 2.00. The van der Waals surface area contributed by atoms with Gasteiger partial charge < -0.3 is 10.2 Å². The average Bonchev–Trinajstić information content (AvgIpc) is 2.19. The molecule has 0 atom stereocenters. The number of benzene rings is 1. The van der Waals surface area contributed by atoms with E-state index in [2.05, 4.69) is 4.98 Å². The largest absolute Gasteiger partial charge is 0.322 e. The highest BCUT2D eigenvalue weighted by molar-refractivity contribution is 5.78. The molecule has 4 nitrogen and oxygen atoms in total. The van der Waals surface area contributed by atoms with E-state index in [1.807, 2.05) is 29.7 Å². The topological polar surface area (TPSA) is 65.1 Å². The van der Waals surface area contributed by atoms with Crippen LogP contribution in [-0.2, 0) is 6.54 Å². The molecule has 0 aliphatic carbocycles. The standard InChI is InChI=1S/C10H10N2O2/c13-10-8(6-11-14)5-7-3-1-2-4-9(7)12-10/h1-5,11,14H,6H2,(H,12,13). The number of hydrogen-bond donors (Lipinski definition) is 3. The van der Waals surface area contributed by atoms with Crippen LogP contribution in [0.1, 0.15) is 5.56 Å². The van der Waals surface area contributed by atoms with E-state index in [1.165, 1.54) is 0 Å². The van der Waals surface area contributed by atoms with Gasteiger partial charge in [-0.2, -0.15) is 0 Å². The van der Waals surface area contributed by atoms with Crippen molar-refractivity contribution in [1.29, 1.82) is 0 Å². The Hall–Kier alpha value is -1.65. The Labute approximate surface area is 80.2 Å². The quantitative estimate of drug-likeness (QED) is 0.619. The second kappa shape index (κ2) is 3.61. The van der Waals surface area contributed by atoms with Gasteiger partial charge in [0.1, 0.15) is 0 Å². The van der Waals surface area contributed by atoms with Gasteiger partial charge in [0.25, 0.3) is 5.56 Å². The lowest BCUT2D eigenvalue weighted by atomic mass is 10.1. The summed E-state index contributed by atoms with van der Waals surface area (Å²) < 4.78 is 0. The van der Waals surface area contributed by atoms with Gasteiger partial charge >= 0.3 is 0 Å². The fraction of sp³-hybridized carbons (Fsp3) is 0.100. The zero-order chi connectivity index (χ0) is 9.97. The van der Waals surface area contributed by atoms with Gasteiger partial charge in [-0.1, -0.05) is 18.2 Å². The number of hydrogen-bond acceptors (Lipinski definition) is 3. The fourth-order valence-corrected chi connectivity index (χ4v) is 1.41. The van der Waals surface area contributed by atoms with Gasteiger partial charge in [0, 0.05) is 11.1 Å². The van der Waals surface area contributed by atoms with Crippen LogP contribution in [0.4, 0.5) is 0 Å². The lowest BCUT2D eigenvalue weighted by molar-refractivity contribution is 0.161. The Morgan fingerprint density at radius 2 is 2.14 bits per heavy atom. The van der Waals surface area contributed by atoms with Gasteiger partial charge in [-0.15, -0.1) is 0 Å². The number of aromatic amines is 1. The smallest absolute Gasteiger partial charge is 0.253 e. The normalized spacial score (nSPS) is 10.6. The summed E-state index contributed by atoms with van der Waals surface area (Å²) in [5.74, 6) is 0. The van der Waals surface area contributed by atoms with Gasteiger partial charge in [0.15, 0.2) is 0 Å². The molecule has 3 N–H and O–H groups in total. The second-order valence-electron chi connectivity index (χ2n) is 3.05. The van der Waals surface area contributed by atoms with E-state index in [0.717, 1.165) is 10.9 Å². The van der Waals surface area contributed by atoms with Crippen molar-refractivity contribution in [2.45, 2.75) is 6.54 Å². The van der Waals surface area contributed by atoms with Crippen molar-refractivity contribution in [3.63, 3.8) is 0 Å². The van der Waals surface area contributed by atoms with E-state index in [1.54, 1.807) is 6.07 Å². The van der Waals surface area contributed by atoms with Gasteiger partial charge in [-0.05, 0) is 17.5 Å². The van der Waals surface area contributed by atoms with E-state index in [4.69, 9.17) is 5.21 Å². The van der Waals surface area contributed by atoms with Crippen molar-refractivity contribution >= 4 is 10.9 Å². The number of nitrogens with one attached hydrogen (secondary N) is 2. The Morgan fingerprint density at radius 3 is 2.93 bits per heavy atom. The third kappa shape index (κ3) is 1.53. The molecule has 0 aliphatic rings. The molecule has 1 heterocycles. The van der Waals surface area contributed by atoms with Crippen LogP contribution >= 0.6 is 0 Å². The molecular weight excluding hydrogens is 180 g/mol.